The van der Waals surface area contributed by atoms with E-state index in [0.29, 0.717) is 5.69 Å². The van der Waals surface area contributed by atoms with Crippen LogP contribution in [0, 0.1) is 12.8 Å². The maximum Gasteiger partial charge on any atom is 0.337 e. The zero-order valence-corrected chi connectivity index (χ0v) is 11.8. The summed E-state index contributed by atoms with van der Waals surface area (Å²) in [5.74, 6) is -0.312. The van der Waals surface area contributed by atoms with Gasteiger partial charge in [0.2, 0.25) is 0 Å². The van der Waals surface area contributed by atoms with E-state index in [1.807, 2.05) is 6.92 Å². The monoisotopic (exact) mass is 276 g/mol. The fraction of sp³-hybridized carbons (Fsp3) is 0.467. The van der Waals surface area contributed by atoms with Gasteiger partial charge in [0.1, 0.15) is 0 Å². The number of hydrogen-bond acceptors (Lipinski definition) is 2. The van der Waals surface area contributed by atoms with Crippen LogP contribution in [-0.2, 0) is 0 Å². The van der Waals surface area contributed by atoms with E-state index in [2.05, 4.69) is 10.6 Å². The lowest BCUT2D eigenvalue weighted by molar-refractivity contribution is 0.0698. The number of carboxylic acid groups (broad SMARTS) is 1. The van der Waals surface area contributed by atoms with Crippen LogP contribution in [0.4, 0.5) is 10.5 Å². The SMILES string of the molecule is Cc1cccc(C(=O)O)c1NC(=O)NC(C)CC1CC1. The Labute approximate surface area is 118 Å². The summed E-state index contributed by atoms with van der Waals surface area (Å²) in [5, 5.41) is 14.6. The van der Waals surface area contributed by atoms with Crippen LogP contribution in [0.2, 0.25) is 0 Å². The van der Waals surface area contributed by atoms with Crippen molar-refractivity contribution in [2.45, 2.75) is 39.2 Å². The highest BCUT2D eigenvalue weighted by atomic mass is 16.4. The third-order valence-electron chi connectivity index (χ3n) is 3.50. The molecule has 1 aromatic carbocycles. The van der Waals surface area contributed by atoms with E-state index in [0.717, 1.165) is 17.9 Å². The number of aryl methyl sites for hydroxylation is 1. The zero-order chi connectivity index (χ0) is 14.7. The van der Waals surface area contributed by atoms with Gasteiger partial charge in [-0.25, -0.2) is 9.59 Å². The van der Waals surface area contributed by atoms with Crippen LogP contribution in [-0.4, -0.2) is 23.1 Å². The number of carbonyl (C=O) groups is 2. The Bertz CT molecular complexity index is 524. The van der Waals surface area contributed by atoms with Crippen molar-refractivity contribution in [2.75, 3.05) is 5.32 Å². The first-order chi connectivity index (χ1) is 9.47. The minimum absolute atomic E-state index is 0.0970. The van der Waals surface area contributed by atoms with Crippen LogP contribution >= 0.6 is 0 Å². The van der Waals surface area contributed by atoms with Crippen LogP contribution < -0.4 is 10.6 Å². The normalized spacial score (nSPS) is 15.5. The first-order valence-electron chi connectivity index (χ1n) is 6.87. The van der Waals surface area contributed by atoms with Crippen LogP contribution in [0.3, 0.4) is 0 Å². The van der Waals surface area contributed by atoms with Crippen molar-refractivity contribution in [3.8, 4) is 0 Å². The standard InChI is InChI=1S/C15H20N2O3/c1-9-4-3-5-12(14(18)19)13(9)17-15(20)16-10(2)8-11-6-7-11/h3-5,10-11H,6-8H2,1-2H3,(H,18,19)(H2,16,17,20). The van der Waals surface area contributed by atoms with Crippen molar-refractivity contribution in [1.82, 2.24) is 5.32 Å². The van der Waals surface area contributed by atoms with E-state index in [1.54, 1.807) is 19.1 Å². The molecule has 3 N–H and O–H groups in total. The first-order valence-corrected chi connectivity index (χ1v) is 6.87. The quantitative estimate of drug-likeness (QED) is 0.773. The molecule has 5 heteroatoms. The summed E-state index contributed by atoms with van der Waals surface area (Å²) in [6, 6.07) is 4.67. The fourth-order valence-corrected chi connectivity index (χ4v) is 2.30. The van der Waals surface area contributed by atoms with Gasteiger partial charge in [0.15, 0.2) is 0 Å². The smallest absolute Gasteiger partial charge is 0.337 e. The van der Waals surface area contributed by atoms with E-state index < -0.39 is 5.97 Å². The molecule has 0 saturated heterocycles. The molecule has 1 saturated carbocycles. The van der Waals surface area contributed by atoms with Crippen LogP contribution in [0.15, 0.2) is 18.2 Å². The highest BCUT2D eigenvalue weighted by molar-refractivity contribution is 6.01. The molecule has 1 unspecified atom stereocenters. The van der Waals surface area contributed by atoms with E-state index in [9.17, 15) is 9.59 Å². The second-order valence-corrected chi connectivity index (χ2v) is 5.48. The number of carboxylic acids is 1. The number of nitrogens with one attached hydrogen (secondary N) is 2. The topological polar surface area (TPSA) is 78.4 Å². The predicted octanol–water partition coefficient (Wildman–Crippen LogP) is 3.00. The Morgan fingerprint density at radius 3 is 2.70 bits per heavy atom. The van der Waals surface area contributed by atoms with Crippen molar-refractivity contribution in [2.24, 2.45) is 5.92 Å². The maximum absolute atomic E-state index is 11.9. The second kappa shape index (κ2) is 5.94. The summed E-state index contributed by atoms with van der Waals surface area (Å²) in [6.07, 6.45) is 3.47. The molecule has 0 radical (unpaired) electrons. The molecule has 108 valence electrons. The van der Waals surface area contributed by atoms with Gasteiger partial charge in [0, 0.05) is 6.04 Å². The molecule has 2 rings (SSSR count). The van der Waals surface area contributed by atoms with Gasteiger partial charge in [-0.1, -0.05) is 25.0 Å². The van der Waals surface area contributed by atoms with E-state index in [-0.39, 0.29) is 17.6 Å². The lowest BCUT2D eigenvalue weighted by Crippen LogP contribution is -2.36. The minimum atomic E-state index is -1.05. The number of hydrogen-bond donors (Lipinski definition) is 3. The largest absolute Gasteiger partial charge is 0.478 e. The van der Waals surface area contributed by atoms with E-state index >= 15 is 0 Å². The molecule has 1 atom stereocenters. The van der Waals surface area contributed by atoms with Crippen molar-refractivity contribution in [3.05, 3.63) is 29.3 Å². The number of urea groups is 1. The van der Waals surface area contributed by atoms with Crippen molar-refractivity contribution in [1.29, 1.82) is 0 Å². The Morgan fingerprint density at radius 2 is 2.10 bits per heavy atom. The second-order valence-electron chi connectivity index (χ2n) is 5.48. The van der Waals surface area contributed by atoms with Gasteiger partial charge in [-0.3, -0.25) is 0 Å². The van der Waals surface area contributed by atoms with Gasteiger partial charge in [-0.15, -0.1) is 0 Å². The van der Waals surface area contributed by atoms with Crippen LogP contribution in [0.25, 0.3) is 0 Å². The number of anilines is 1. The predicted molar refractivity (Wildman–Crippen MR) is 77.1 cm³/mol. The number of para-hydroxylation sites is 1. The highest BCUT2D eigenvalue weighted by Gasteiger charge is 2.24. The number of aromatic carboxylic acids is 1. The first kappa shape index (κ1) is 14.4. The summed E-state index contributed by atoms with van der Waals surface area (Å²) in [7, 11) is 0. The average molecular weight is 276 g/mol. The number of amides is 2. The number of carbonyl (C=O) groups excluding carboxylic acids is 1. The molecule has 2 amide bonds. The van der Waals surface area contributed by atoms with Crippen molar-refractivity contribution < 1.29 is 14.7 Å². The lowest BCUT2D eigenvalue weighted by Gasteiger charge is -2.16. The third kappa shape index (κ3) is 3.73. The molecule has 1 aromatic rings. The number of benzene rings is 1. The molecule has 0 heterocycles. The summed E-state index contributed by atoms with van der Waals surface area (Å²) >= 11 is 0. The fourth-order valence-electron chi connectivity index (χ4n) is 2.30. The average Bonchev–Trinajstić information content (AvgIpc) is 3.14. The van der Waals surface area contributed by atoms with E-state index in [4.69, 9.17) is 5.11 Å². The minimum Gasteiger partial charge on any atom is -0.478 e. The molecule has 0 spiro atoms. The van der Waals surface area contributed by atoms with Crippen molar-refractivity contribution in [3.63, 3.8) is 0 Å². The Balaban J connectivity index is 2.01. The van der Waals surface area contributed by atoms with Gasteiger partial charge >= 0.3 is 12.0 Å². The Hall–Kier alpha value is -2.04. The van der Waals surface area contributed by atoms with E-state index in [1.165, 1.54) is 18.9 Å². The maximum atomic E-state index is 11.9. The molecule has 1 aliphatic rings. The lowest BCUT2D eigenvalue weighted by atomic mass is 10.1. The summed E-state index contributed by atoms with van der Waals surface area (Å²) in [6.45, 7) is 3.74. The molecule has 20 heavy (non-hydrogen) atoms. The molecule has 1 aliphatic carbocycles. The van der Waals surface area contributed by atoms with Gasteiger partial charge in [-0.05, 0) is 37.8 Å². The summed E-state index contributed by atoms with van der Waals surface area (Å²) < 4.78 is 0. The van der Waals surface area contributed by atoms with Gasteiger partial charge < -0.3 is 15.7 Å². The zero-order valence-electron chi connectivity index (χ0n) is 11.8. The van der Waals surface area contributed by atoms with Gasteiger partial charge in [0.05, 0.1) is 11.3 Å². The number of rotatable bonds is 5. The Morgan fingerprint density at radius 1 is 1.40 bits per heavy atom. The van der Waals surface area contributed by atoms with Gasteiger partial charge in [0.25, 0.3) is 0 Å². The molecule has 1 fully saturated rings. The molecular formula is C15H20N2O3. The Kier molecular flexibility index (Phi) is 4.27. The molecular weight excluding hydrogens is 256 g/mol. The molecule has 0 aromatic heterocycles. The third-order valence-corrected chi connectivity index (χ3v) is 3.50. The van der Waals surface area contributed by atoms with Crippen LogP contribution in [0.1, 0.15) is 42.1 Å². The molecule has 0 aliphatic heterocycles. The molecule has 0 bridgehead atoms. The highest BCUT2D eigenvalue weighted by Crippen LogP contribution is 2.33. The van der Waals surface area contributed by atoms with Gasteiger partial charge in [-0.2, -0.15) is 0 Å². The van der Waals surface area contributed by atoms with Crippen molar-refractivity contribution >= 4 is 17.7 Å². The summed E-state index contributed by atoms with van der Waals surface area (Å²) in [5.41, 5.74) is 1.20. The molecule has 5 nitrogen and oxygen atoms in total. The van der Waals surface area contributed by atoms with Crippen LogP contribution in [0.5, 0.6) is 0 Å². The summed E-state index contributed by atoms with van der Waals surface area (Å²) in [4.78, 5) is 23.1.